The molecule has 8 heterocycles. The van der Waals surface area contributed by atoms with Crippen LogP contribution < -0.4 is 41.4 Å². The van der Waals surface area contributed by atoms with E-state index in [-0.39, 0.29) is 136 Å². The highest BCUT2D eigenvalue weighted by atomic mass is 32.2. The number of fused-ring (bicyclic) bond motifs is 1. The molecule has 0 aliphatic carbocycles. The molecule has 45 nitrogen and oxygen atoms in total. The summed E-state index contributed by atoms with van der Waals surface area (Å²) in [6.45, 7) is -3.84. The second-order valence-corrected chi connectivity index (χ2v) is 32.4. The Kier molecular flexibility index (Phi) is 37.9. The number of Topliss-reactive ketones (excluding diaryl/α,β-unsaturated/α-hetero) is 2. The molecule has 6 amide bonds. The number of hydrogen-bond donors (Lipinski definition) is 24. The molecule has 8 fully saturated rings. The minimum absolute atomic E-state index is 0.00580. The Morgan fingerprint density at radius 2 is 0.854 bits per heavy atom. The summed E-state index contributed by atoms with van der Waals surface area (Å²) in [6.07, 6.45) is -45.7. The van der Waals surface area contributed by atoms with Crippen molar-refractivity contribution in [1.29, 1.82) is 0 Å². The van der Waals surface area contributed by atoms with Gasteiger partial charge >= 0.3 is 6.03 Å². The van der Waals surface area contributed by atoms with Gasteiger partial charge in [-0.2, -0.15) is 11.8 Å². The topological polar surface area (TPSA) is 685 Å². The van der Waals surface area contributed by atoms with Crippen molar-refractivity contribution in [3.8, 4) is 22.6 Å². The summed E-state index contributed by atoms with van der Waals surface area (Å²) < 4.78 is 80.9. The maximum atomic E-state index is 13.9. The normalized spacial score (nSPS) is 36.9. The zero-order valence-electron chi connectivity index (χ0n) is 67.4. The number of aliphatic hydroxyl groups is 18. The second kappa shape index (κ2) is 47.1. The van der Waals surface area contributed by atoms with Gasteiger partial charge in [-0.25, -0.2) is 4.79 Å². The van der Waals surface area contributed by atoms with Gasteiger partial charge in [0.15, 0.2) is 49.3 Å². The Balaban J connectivity index is 0.700. The molecule has 0 aromatic heterocycles. The number of unbranched alkanes of at least 4 members (excludes halogenated alkanes) is 3. The third-order valence-corrected chi connectivity index (χ3v) is 23.7. The fraction of sp³-hybridized carbons (Fsp3) is 0.753. The van der Waals surface area contributed by atoms with Crippen LogP contribution in [0.1, 0.15) is 88.4 Å². The van der Waals surface area contributed by atoms with Crippen LogP contribution in [0, 0.1) is 0 Å². The molecule has 2 aromatic rings. The number of rotatable bonds is 44. The van der Waals surface area contributed by atoms with Crippen LogP contribution in [-0.2, 0) is 80.8 Å². The Labute approximate surface area is 709 Å². The molecule has 0 saturated carbocycles. The van der Waals surface area contributed by atoms with Gasteiger partial charge in [0.1, 0.15) is 171 Å². The van der Waals surface area contributed by atoms with Gasteiger partial charge in [0.25, 0.3) is 5.91 Å². The van der Waals surface area contributed by atoms with Crippen molar-refractivity contribution in [3.63, 3.8) is 0 Å². The second-order valence-electron chi connectivity index (χ2n) is 31.1. The maximum absolute atomic E-state index is 13.9. The molecule has 46 heteroatoms. The van der Waals surface area contributed by atoms with E-state index in [4.69, 9.17) is 66.3 Å². The molecule has 2 aromatic carbocycles. The van der Waals surface area contributed by atoms with E-state index in [0.29, 0.717) is 17.5 Å². The van der Waals surface area contributed by atoms with E-state index in [1.807, 2.05) is 0 Å². The van der Waals surface area contributed by atoms with Gasteiger partial charge in [-0.05, 0) is 80.0 Å². The first-order valence-corrected chi connectivity index (χ1v) is 41.9. The highest BCUT2D eigenvalue weighted by Crippen LogP contribution is 2.38. The van der Waals surface area contributed by atoms with Gasteiger partial charge in [-0.1, -0.05) is 18.6 Å². The van der Waals surface area contributed by atoms with Crippen LogP contribution in [0.5, 0.6) is 11.5 Å². The molecule has 123 heavy (non-hydrogen) atoms. The number of carbonyl (C=O) groups is 7. The van der Waals surface area contributed by atoms with Gasteiger partial charge < -0.3 is 190 Å². The number of thioether (sulfide) groups is 1. The zero-order valence-corrected chi connectivity index (χ0v) is 68.2. The van der Waals surface area contributed by atoms with Gasteiger partial charge in [-0.15, -0.1) is 0 Å². The zero-order chi connectivity index (χ0) is 89.0. The first-order valence-electron chi connectivity index (χ1n) is 40.8. The smallest absolute Gasteiger partial charge is 0.315 e. The molecule has 0 radical (unpaired) electrons. The number of benzene rings is 2. The van der Waals surface area contributed by atoms with Crippen molar-refractivity contribution in [2.75, 3.05) is 84.9 Å². The number of amides is 6. The third-order valence-electron chi connectivity index (χ3n) is 22.2. The van der Waals surface area contributed by atoms with Crippen LogP contribution in [0.25, 0.3) is 11.1 Å². The van der Waals surface area contributed by atoms with E-state index in [0.717, 1.165) is 32.4 Å². The average molecular weight is 1780 g/mol. The van der Waals surface area contributed by atoms with Gasteiger partial charge in [0.2, 0.25) is 17.7 Å². The van der Waals surface area contributed by atoms with Crippen LogP contribution in [0.3, 0.4) is 0 Å². The van der Waals surface area contributed by atoms with Crippen LogP contribution in [0.2, 0.25) is 0 Å². The summed E-state index contributed by atoms with van der Waals surface area (Å²) in [4.78, 5) is 90.2. The summed E-state index contributed by atoms with van der Waals surface area (Å²) in [6, 6.07) is 8.24. The monoisotopic (exact) mass is 1780 g/mol. The van der Waals surface area contributed by atoms with Crippen LogP contribution in [0.15, 0.2) is 42.5 Å². The molecule has 694 valence electrons. The summed E-state index contributed by atoms with van der Waals surface area (Å²) in [7, 11) is 0. The molecule has 33 atom stereocenters. The molecule has 24 N–H and O–H groups in total. The molecular weight excluding hydrogens is 1660 g/mol. The van der Waals surface area contributed by atoms with E-state index in [2.05, 4.69) is 31.9 Å². The maximum Gasteiger partial charge on any atom is 0.315 e. The molecular formula is C77H116N6O39S. The Bertz CT molecular complexity index is 3700. The third kappa shape index (κ3) is 25.8. The van der Waals surface area contributed by atoms with Crippen LogP contribution >= 0.6 is 11.8 Å². The first kappa shape index (κ1) is 98.9. The number of ketones is 2. The number of aliphatic hydroxyl groups excluding tert-OH is 18. The Hall–Kier alpha value is -6.32. The lowest BCUT2D eigenvalue weighted by Gasteiger charge is -2.48. The summed E-state index contributed by atoms with van der Waals surface area (Å²) in [5.74, 6) is -1.55. The fourth-order valence-corrected chi connectivity index (χ4v) is 17.0. The molecule has 0 spiro atoms. The molecule has 12 unspecified atom stereocenters. The van der Waals surface area contributed by atoms with Crippen molar-refractivity contribution in [2.45, 2.75) is 280 Å². The van der Waals surface area contributed by atoms with Crippen molar-refractivity contribution >= 4 is 53.0 Å². The predicted molar refractivity (Wildman–Crippen MR) is 413 cm³/mol. The summed E-state index contributed by atoms with van der Waals surface area (Å²) >= 11 is 1.79. The molecule has 8 saturated heterocycles. The van der Waals surface area contributed by atoms with E-state index < -0.39 is 248 Å². The molecule has 10 rings (SSSR count). The van der Waals surface area contributed by atoms with Gasteiger partial charge in [-0.3, -0.25) is 28.8 Å². The van der Waals surface area contributed by atoms with Crippen molar-refractivity contribution in [3.05, 3.63) is 48.0 Å². The lowest BCUT2D eigenvalue weighted by atomic mass is 9.95. The summed E-state index contributed by atoms with van der Waals surface area (Å²) in [5, 5.41) is 208. The molecule has 8 aliphatic heterocycles. The van der Waals surface area contributed by atoms with E-state index in [1.54, 1.807) is 48.2 Å². The highest BCUT2D eigenvalue weighted by molar-refractivity contribution is 8.00. The fourth-order valence-electron chi connectivity index (χ4n) is 15.4. The largest absolute Gasteiger partial charge is 0.486 e. The van der Waals surface area contributed by atoms with Crippen molar-refractivity contribution in [1.82, 2.24) is 31.9 Å². The van der Waals surface area contributed by atoms with Crippen molar-refractivity contribution < 1.29 is 192 Å². The lowest BCUT2D eigenvalue weighted by Crippen LogP contribution is -2.68. The van der Waals surface area contributed by atoms with Gasteiger partial charge in [0, 0.05) is 76.0 Å². The number of carbonyl (C=O) groups excluding carboxylic acids is 7. The SMILES string of the molecule is CC(=O)NC1[C@H](OCCCCC(=O)COc2ccc(-c3cc(OCC(=O)CCCCO[C@@H]4OC(CO)[C@@H](O[C@@H]5OC(CO)[C@H](O)[C@H](O[C@H]6OC(CO)[C@H](O)C(O)[C@@H]6O)C5O)[C@H](O)C4NC(C)=O)cc(C(=O)NCCNC(=O)CCCC[C@@H]4SC[C@@H]5NC(=O)N[C@@H]54)c3)cc2)OC(CO)[C@@H](O[C@@H]2OC(CO)[C@H](O)[C@H](O[C@H]3OC(CO)[C@H](O)C(O)[C@@H]3O)C2O)[C@@H]1O. The molecule has 8 aliphatic rings. The van der Waals surface area contributed by atoms with Gasteiger partial charge in [0.05, 0.1) is 51.7 Å². The average Bonchev–Trinajstić information content (AvgIpc) is 1.09. The number of ether oxygens (including phenoxy) is 14. The standard InChI is InChI=1S/C77H116N6O39S/c1-33(90)80-52-58(99)66(119-75-64(105)68(56(97)45(26-86)115-75)121-73-62(103)60(101)54(95)43(24-84)113-73)47(28-88)117-71(52)109-19-7-5-9-38(92)30-111-40-15-13-35(14-16-40)36-21-37(70(107)79-18-17-78-50(94)12-4-3-11-49-51-42(32-123-49)82-77(108)83-51)23-41(22-36)112-31-39(93)10-6-8-20-110-72-53(81-34(2)91)59(100)67(48(29-89)118-72)120-76-65(106)69(57(98)46(27-87)116-76)122-74-63(104)61(102)55(96)44(25-85)114-74/h13-16,21-23,42-49,51-69,71-76,84-89,95-106H,3-12,17-20,24-32H2,1-2H3,(H,78,94)(H,79,107)(H,80,90)(H,81,91)(H2,82,83,108)/t42-,43?,44?,45?,46?,47?,48?,49-,51-,52?,53?,54-,55-,56-,57-,58+,59+,60?,61?,62-,63-,64?,65?,66+,67+,68-,69-,71+,72+,73+,74+,75-,76-/m0/s1. The number of urea groups is 1. The quantitative estimate of drug-likeness (QED) is 0.0216. The van der Waals surface area contributed by atoms with E-state index in [9.17, 15) is 125 Å². The Morgan fingerprint density at radius 1 is 0.431 bits per heavy atom. The first-order chi connectivity index (χ1) is 58.9. The Morgan fingerprint density at radius 3 is 1.32 bits per heavy atom. The lowest BCUT2D eigenvalue weighted by molar-refractivity contribution is -0.376. The highest BCUT2D eigenvalue weighted by Gasteiger charge is 2.57. The van der Waals surface area contributed by atoms with Crippen molar-refractivity contribution in [2.24, 2.45) is 0 Å². The summed E-state index contributed by atoms with van der Waals surface area (Å²) in [5.41, 5.74) is 1.12. The van der Waals surface area contributed by atoms with E-state index >= 15 is 0 Å². The minimum atomic E-state index is -2.04. The number of nitrogens with one attached hydrogen (secondary N) is 6. The number of hydrogen-bond acceptors (Lipinski definition) is 40. The predicted octanol–water partition coefficient (Wildman–Crippen LogP) is -9.62. The van der Waals surface area contributed by atoms with Crippen LogP contribution in [0.4, 0.5) is 4.79 Å². The van der Waals surface area contributed by atoms with E-state index in [1.165, 1.54) is 6.07 Å². The molecule has 0 bridgehead atoms. The van der Waals surface area contributed by atoms with Crippen LogP contribution in [-0.4, -0.2) is 419 Å². The minimum Gasteiger partial charge on any atom is -0.486 e.